The van der Waals surface area contributed by atoms with Gasteiger partial charge in [-0.15, -0.1) is 0 Å². The Kier molecular flexibility index (Phi) is 7.59. The van der Waals surface area contributed by atoms with Gasteiger partial charge in [0.15, 0.2) is 0 Å². The minimum atomic E-state index is -0.500. The van der Waals surface area contributed by atoms with Crippen molar-refractivity contribution in [2.75, 3.05) is 5.32 Å². The Labute approximate surface area is 192 Å². The molecule has 0 aliphatic heterocycles. The SMILES string of the molecule is CC(C)(C)C(=O)Nc1cccc(CN(Cc2cc(Cl)ccn2)Cc2cc(Cl)ccn2)n1. The molecule has 0 radical (unpaired) electrons. The van der Waals surface area contributed by atoms with Crippen molar-refractivity contribution in [3.8, 4) is 0 Å². The molecule has 3 aromatic rings. The molecule has 0 atom stereocenters. The van der Waals surface area contributed by atoms with Crippen LogP contribution in [-0.4, -0.2) is 25.8 Å². The van der Waals surface area contributed by atoms with Crippen LogP contribution in [0.3, 0.4) is 0 Å². The number of hydrogen-bond donors (Lipinski definition) is 1. The van der Waals surface area contributed by atoms with E-state index in [0.29, 0.717) is 35.5 Å². The molecular formula is C23H25Cl2N5O. The van der Waals surface area contributed by atoms with Gasteiger partial charge in [-0.1, -0.05) is 50.0 Å². The summed E-state index contributed by atoms with van der Waals surface area (Å²) in [5.41, 5.74) is 1.99. The number of carbonyl (C=O) groups is 1. The topological polar surface area (TPSA) is 71.0 Å². The van der Waals surface area contributed by atoms with E-state index in [1.807, 2.05) is 45.0 Å². The molecule has 6 nitrogen and oxygen atoms in total. The predicted molar refractivity (Wildman–Crippen MR) is 124 cm³/mol. The summed E-state index contributed by atoms with van der Waals surface area (Å²) in [7, 11) is 0. The lowest BCUT2D eigenvalue weighted by molar-refractivity contribution is -0.123. The zero-order chi connectivity index (χ0) is 22.4. The smallest absolute Gasteiger partial charge is 0.230 e. The molecule has 1 N–H and O–H groups in total. The Morgan fingerprint density at radius 2 is 1.45 bits per heavy atom. The fourth-order valence-corrected chi connectivity index (χ4v) is 3.23. The van der Waals surface area contributed by atoms with E-state index in [1.54, 1.807) is 30.6 Å². The first-order valence-corrected chi connectivity index (χ1v) is 10.7. The van der Waals surface area contributed by atoms with E-state index in [4.69, 9.17) is 23.2 Å². The Bertz CT molecular complexity index is 1000. The maximum Gasteiger partial charge on any atom is 0.230 e. The van der Waals surface area contributed by atoms with Crippen molar-refractivity contribution in [1.29, 1.82) is 0 Å². The first-order valence-electron chi connectivity index (χ1n) is 9.89. The minimum absolute atomic E-state index is 0.0831. The molecule has 3 heterocycles. The highest BCUT2D eigenvalue weighted by Gasteiger charge is 2.21. The van der Waals surface area contributed by atoms with Gasteiger partial charge in [0.25, 0.3) is 0 Å². The molecule has 0 aliphatic rings. The minimum Gasteiger partial charge on any atom is -0.310 e. The van der Waals surface area contributed by atoms with Crippen LogP contribution in [0.1, 0.15) is 37.9 Å². The van der Waals surface area contributed by atoms with Gasteiger partial charge in [0.05, 0.1) is 17.1 Å². The normalized spacial score (nSPS) is 11.5. The largest absolute Gasteiger partial charge is 0.310 e. The van der Waals surface area contributed by atoms with Gasteiger partial charge in [0.2, 0.25) is 5.91 Å². The van der Waals surface area contributed by atoms with Gasteiger partial charge in [-0.2, -0.15) is 0 Å². The Hall–Kier alpha value is -2.54. The summed E-state index contributed by atoms with van der Waals surface area (Å²) < 4.78 is 0. The molecule has 0 unspecified atom stereocenters. The van der Waals surface area contributed by atoms with Crippen LogP contribution in [0.15, 0.2) is 54.9 Å². The molecule has 0 saturated heterocycles. The van der Waals surface area contributed by atoms with Crippen LogP contribution in [0.4, 0.5) is 5.82 Å². The van der Waals surface area contributed by atoms with E-state index in [0.717, 1.165) is 17.1 Å². The second kappa shape index (κ2) is 10.2. The number of carbonyl (C=O) groups excluding carboxylic acids is 1. The van der Waals surface area contributed by atoms with Crippen LogP contribution in [0.5, 0.6) is 0 Å². The van der Waals surface area contributed by atoms with Crippen LogP contribution in [0.25, 0.3) is 0 Å². The van der Waals surface area contributed by atoms with E-state index in [-0.39, 0.29) is 5.91 Å². The van der Waals surface area contributed by atoms with Crippen molar-refractivity contribution in [1.82, 2.24) is 19.9 Å². The van der Waals surface area contributed by atoms with Gasteiger partial charge in [-0.3, -0.25) is 19.7 Å². The van der Waals surface area contributed by atoms with E-state index in [1.165, 1.54) is 0 Å². The van der Waals surface area contributed by atoms with Gasteiger partial charge in [-0.25, -0.2) is 4.98 Å². The van der Waals surface area contributed by atoms with Gasteiger partial charge >= 0.3 is 0 Å². The molecule has 1 amide bonds. The molecule has 0 saturated carbocycles. The van der Waals surface area contributed by atoms with Crippen molar-refractivity contribution in [2.24, 2.45) is 5.41 Å². The summed E-state index contributed by atoms with van der Waals surface area (Å²) in [6, 6.07) is 12.8. The molecule has 0 spiro atoms. The molecule has 8 heteroatoms. The van der Waals surface area contributed by atoms with Crippen molar-refractivity contribution in [3.05, 3.63) is 82.0 Å². The Balaban J connectivity index is 1.80. The second-order valence-electron chi connectivity index (χ2n) is 8.29. The molecule has 3 rings (SSSR count). The molecule has 3 aromatic heterocycles. The molecular weight excluding hydrogens is 433 g/mol. The summed E-state index contributed by atoms with van der Waals surface area (Å²) >= 11 is 12.3. The highest BCUT2D eigenvalue weighted by molar-refractivity contribution is 6.30. The lowest BCUT2D eigenvalue weighted by Gasteiger charge is -2.22. The summed E-state index contributed by atoms with van der Waals surface area (Å²) in [5, 5.41) is 4.15. The van der Waals surface area contributed by atoms with Crippen molar-refractivity contribution in [3.63, 3.8) is 0 Å². The molecule has 0 aliphatic carbocycles. The predicted octanol–water partition coefficient (Wildman–Crippen LogP) is 5.37. The number of amides is 1. The molecule has 162 valence electrons. The third-order valence-corrected chi connectivity index (χ3v) is 4.91. The average molecular weight is 458 g/mol. The standard InChI is InChI=1S/C23H25Cl2N5O/c1-23(2,3)22(31)29-21-6-4-5-18(28-21)13-30(14-19-11-16(24)7-9-26-19)15-20-12-17(25)8-10-27-20/h4-12H,13-15H2,1-3H3,(H,28,29,31). The number of rotatable bonds is 7. The van der Waals surface area contributed by atoms with E-state index in [2.05, 4.69) is 25.2 Å². The number of hydrogen-bond acceptors (Lipinski definition) is 5. The number of pyridine rings is 3. The lowest BCUT2D eigenvalue weighted by atomic mass is 9.96. The van der Waals surface area contributed by atoms with Crippen molar-refractivity contribution >= 4 is 34.9 Å². The molecule has 0 aromatic carbocycles. The zero-order valence-electron chi connectivity index (χ0n) is 17.8. The maximum absolute atomic E-state index is 12.3. The first kappa shape index (κ1) is 23.1. The Morgan fingerprint density at radius 1 is 0.903 bits per heavy atom. The second-order valence-corrected chi connectivity index (χ2v) is 9.17. The quantitative estimate of drug-likeness (QED) is 0.516. The van der Waals surface area contributed by atoms with Crippen LogP contribution in [0.2, 0.25) is 10.0 Å². The summed E-state index contributed by atoms with van der Waals surface area (Å²) in [4.78, 5) is 27.9. The summed E-state index contributed by atoms with van der Waals surface area (Å²) in [5.74, 6) is 0.444. The van der Waals surface area contributed by atoms with E-state index >= 15 is 0 Å². The van der Waals surface area contributed by atoms with Crippen LogP contribution < -0.4 is 5.32 Å². The Morgan fingerprint density at radius 3 is 1.97 bits per heavy atom. The van der Waals surface area contributed by atoms with Crippen LogP contribution in [0, 0.1) is 5.41 Å². The monoisotopic (exact) mass is 457 g/mol. The van der Waals surface area contributed by atoms with Crippen LogP contribution >= 0.6 is 23.2 Å². The molecule has 31 heavy (non-hydrogen) atoms. The fourth-order valence-electron chi connectivity index (χ4n) is 2.87. The number of nitrogens with one attached hydrogen (secondary N) is 1. The maximum atomic E-state index is 12.3. The van der Waals surface area contributed by atoms with E-state index < -0.39 is 5.41 Å². The summed E-state index contributed by atoms with van der Waals surface area (Å²) in [6.07, 6.45) is 3.38. The average Bonchev–Trinajstić information content (AvgIpc) is 2.67. The number of anilines is 1. The fraction of sp³-hybridized carbons (Fsp3) is 0.304. The zero-order valence-corrected chi connectivity index (χ0v) is 19.3. The van der Waals surface area contributed by atoms with Crippen molar-refractivity contribution < 1.29 is 4.79 Å². The number of halogens is 2. The van der Waals surface area contributed by atoms with Crippen LogP contribution in [-0.2, 0) is 24.4 Å². The van der Waals surface area contributed by atoms with Crippen molar-refractivity contribution in [2.45, 2.75) is 40.4 Å². The third-order valence-electron chi connectivity index (χ3n) is 4.44. The third kappa shape index (κ3) is 7.28. The highest BCUT2D eigenvalue weighted by atomic mass is 35.5. The summed E-state index contributed by atoms with van der Waals surface area (Å²) in [6.45, 7) is 7.23. The lowest BCUT2D eigenvalue weighted by Crippen LogP contribution is -2.28. The highest BCUT2D eigenvalue weighted by Crippen LogP contribution is 2.19. The molecule has 0 fully saturated rings. The number of aromatic nitrogens is 3. The van der Waals surface area contributed by atoms with Gasteiger partial charge < -0.3 is 5.32 Å². The first-order chi connectivity index (χ1) is 14.7. The van der Waals surface area contributed by atoms with Gasteiger partial charge in [0, 0.05) is 47.5 Å². The van der Waals surface area contributed by atoms with E-state index in [9.17, 15) is 4.79 Å². The number of nitrogens with zero attached hydrogens (tertiary/aromatic N) is 4. The molecule has 0 bridgehead atoms. The van der Waals surface area contributed by atoms with Gasteiger partial charge in [0.1, 0.15) is 5.82 Å². The van der Waals surface area contributed by atoms with Gasteiger partial charge in [-0.05, 0) is 36.4 Å².